The van der Waals surface area contributed by atoms with Gasteiger partial charge in [-0.15, -0.1) is 0 Å². The number of carbonyl (C=O) groups excluding carboxylic acids is 1. The van der Waals surface area contributed by atoms with Gasteiger partial charge >= 0.3 is 5.97 Å². The highest BCUT2D eigenvalue weighted by Gasteiger charge is 2.15. The number of hydrogen-bond donors (Lipinski definition) is 0. The Morgan fingerprint density at radius 3 is 2.69 bits per heavy atom. The van der Waals surface area contributed by atoms with Crippen molar-refractivity contribution >= 4 is 5.97 Å². The highest BCUT2D eigenvalue weighted by Crippen LogP contribution is 2.25. The molecular formula is C20H24N2O4. The molecule has 1 aromatic carbocycles. The summed E-state index contributed by atoms with van der Waals surface area (Å²) in [6, 6.07) is 11.4. The van der Waals surface area contributed by atoms with Crippen LogP contribution in [0, 0.1) is 0 Å². The third kappa shape index (κ3) is 4.80. The Labute approximate surface area is 153 Å². The summed E-state index contributed by atoms with van der Waals surface area (Å²) in [7, 11) is 0. The third-order valence-electron chi connectivity index (χ3n) is 4.22. The van der Waals surface area contributed by atoms with Gasteiger partial charge in [0.1, 0.15) is 12.4 Å². The molecule has 2 aromatic rings. The second kappa shape index (κ2) is 9.31. The second-order valence-electron chi connectivity index (χ2n) is 5.95. The van der Waals surface area contributed by atoms with Crippen molar-refractivity contribution in [3.05, 3.63) is 48.3 Å². The standard InChI is InChI=1S/C20H24N2O4/c1-2-25-20(23)19-18(4-3-9-21-19)16-5-7-17(8-6-16)26-15-12-22-10-13-24-14-11-22/h3-9H,2,10-15H2,1H3. The van der Waals surface area contributed by atoms with Crippen molar-refractivity contribution in [3.63, 3.8) is 0 Å². The summed E-state index contributed by atoms with van der Waals surface area (Å²) >= 11 is 0. The first-order valence-corrected chi connectivity index (χ1v) is 8.93. The van der Waals surface area contributed by atoms with Gasteiger partial charge in [-0.1, -0.05) is 18.2 Å². The van der Waals surface area contributed by atoms with Crippen molar-refractivity contribution in [3.8, 4) is 16.9 Å². The molecule has 3 rings (SSSR count). The first-order chi connectivity index (χ1) is 12.8. The maximum atomic E-state index is 12.1. The number of aromatic nitrogens is 1. The molecule has 0 bridgehead atoms. The minimum atomic E-state index is -0.408. The van der Waals surface area contributed by atoms with Gasteiger partial charge in [-0.2, -0.15) is 0 Å². The van der Waals surface area contributed by atoms with Gasteiger partial charge in [0.25, 0.3) is 0 Å². The van der Waals surface area contributed by atoms with Crippen LogP contribution in [0.15, 0.2) is 42.6 Å². The molecule has 2 heterocycles. The molecule has 0 unspecified atom stereocenters. The van der Waals surface area contributed by atoms with E-state index in [0.29, 0.717) is 18.9 Å². The zero-order chi connectivity index (χ0) is 18.2. The van der Waals surface area contributed by atoms with E-state index in [1.165, 1.54) is 0 Å². The Morgan fingerprint density at radius 2 is 1.96 bits per heavy atom. The molecule has 0 atom stereocenters. The summed E-state index contributed by atoms with van der Waals surface area (Å²) in [6.07, 6.45) is 1.60. The first-order valence-electron chi connectivity index (χ1n) is 8.93. The third-order valence-corrected chi connectivity index (χ3v) is 4.22. The van der Waals surface area contributed by atoms with E-state index >= 15 is 0 Å². The molecule has 1 fully saturated rings. The minimum absolute atomic E-state index is 0.324. The SMILES string of the molecule is CCOC(=O)c1ncccc1-c1ccc(OCCN2CCOCC2)cc1. The van der Waals surface area contributed by atoms with Crippen LogP contribution in [0.4, 0.5) is 0 Å². The van der Waals surface area contributed by atoms with Gasteiger partial charge in [-0.3, -0.25) is 4.90 Å². The molecule has 1 aliphatic rings. The number of esters is 1. The lowest BCUT2D eigenvalue weighted by Crippen LogP contribution is -2.38. The predicted molar refractivity (Wildman–Crippen MR) is 98.4 cm³/mol. The lowest BCUT2D eigenvalue weighted by molar-refractivity contribution is 0.0322. The Kier molecular flexibility index (Phi) is 6.57. The van der Waals surface area contributed by atoms with Gasteiger partial charge in [-0.05, 0) is 30.7 Å². The summed E-state index contributed by atoms with van der Waals surface area (Å²) in [4.78, 5) is 18.6. The maximum absolute atomic E-state index is 12.1. The van der Waals surface area contributed by atoms with Crippen molar-refractivity contribution < 1.29 is 19.0 Å². The van der Waals surface area contributed by atoms with Gasteiger partial charge in [-0.25, -0.2) is 9.78 Å². The van der Waals surface area contributed by atoms with E-state index in [0.717, 1.165) is 49.7 Å². The Hall–Kier alpha value is -2.44. The number of carbonyl (C=O) groups is 1. The van der Waals surface area contributed by atoms with Crippen LogP contribution >= 0.6 is 0 Å². The number of ether oxygens (including phenoxy) is 3. The highest BCUT2D eigenvalue weighted by molar-refractivity contribution is 5.95. The molecule has 138 valence electrons. The number of hydrogen-bond acceptors (Lipinski definition) is 6. The van der Waals surface area contributed by atoms with Crippen LogP contribution in [0.3, 0.4) is 0 Å². The number of morpholine rings is 1. The minimum Gasteiger partial charge on any atom is -0.492 e. The molecule has 0 radical (unpaired) electrons. The Bertz CT molecular complexity index is 712. The largest absolute Gasteiger partial charge is 0.492 e. The Balaban J connectivity index is 1.61. The average Bonchev–Trinajstić information content (AvgIpc) is 2.70. The highest BCUT2D eigenvalue weighted by atomic mass is 16.5. The lowest BCUT2D eigenvalue weighted by atomic mass is 10.0. The normalized spacial score (nSPS) is 14.8. The number of pyridine rings is 1. The zero-order valence-corrected chi connectivity index (χ0v) is 15.0. The van der Waals surface area contributed by atoms with Crippen LogP contribution in [-0.2, 0) is 9.47 Å². The van der Waals surface area contributed by atoms with Crippen molar-refractivity contribution in [2.75, 3.05) is 46.1 Å². The molecule has 0 amide bonds. The van der Waals surface area contributed by atoms with Crippen LogP contribution in [0.25, 0.3) is 11.1 Å². The van der Waals surface area contributed by atoms with Crippen molar-refractivity contribution in [2.24, 2.45) is 0 Å². The second-order valence-corrected chi connectivity index (χ2v) is 5.95. The van der Waals surface area contributed by atoms with Gasteiger partial charge < -0.3 is 14.2 Å². The summed E-state index contributed by atoms with van der Waals surface area (Å²) in [5.41, 5.74) is 1.99. The molecule has 6 heteroatoms. The van der Waals surface area contributed by atoms with E-state index in [9.17, 15) is 4.79 Å². The van der Waals surface area contributed by atoms with Crippen LogP contribution in [0.2, 0.25) is 0 Å². The molecular weight excluding hydrogens is 332 g/mol. The van der Waals surface area contributed by atoms with Crippen molar-refractivity contribution in [1.82, 2.24) is 9.88 Å². The fourth-order valence-corrected chi connectivity index (χ4v) is 2.85. The first kappa shape index (κ1) is 18.4. The fraction of sp³-hybridized carbons (Fsp3) is 0.400. The number of rotatable bonds is 7. The summed E-state index contributed by atoms with van der Waals surface area (Å²) < 4.78 is 16.3. The topological polar surface area (TPSA) is 60.9 Å². The van der Waals surface area contributed by atoms with E-state index < -0.39 is 5.97 Å². The van der Waals surface area contributed by atoms with Crippen molar-refractivity contribution in [2.45, 2.75) is 6.92 Å². The molecule has 1 aromatic heterocycles. The fourth-order valence-electron chi connectivity index (χ4n) is 2.85. The molecule has 26 heavy (non-hydrogen) atoms. The van der Waals surface area contributed by atoms with Gasteiger partial charge in [0.2, 0.25) is 0 Å². The molecule has 6 nitrogen and oxygen atoms in total. The molecule has 1 aliphatic heterocycles. The predicted octanol–water partition coefficient (Wildman–Crippen LogP) is 2.64. The number of nitrogens with zero attached hydrogens (tertiary/aromatic N) is 2. The quantitative estimate of drug-likeness (QED) is 0.711. The monoisotopic (exact) mass is 356 g/mol. The van der Waals surface area contributed by atoms with Crippen molar-refractivity contribution in [1.29, 1.82) is 0 Å². The smallest absolute Gasteiger partial charge is 0.357 e. The van der Waals surface area contributed by atoms with Crippen LogP contribution in [0.1, 0.15) is 17.4 Å². The summed E-state index contributed by atoms with van der Waals surface area (Å²) in [5, 5.41) is 0. The molecule has 0 spiro atoms. The Morgan fingerprint density at radius 1 is 1.19 bits per heavy atom. The van der Waals surface area contributed by atoms with Crippen LogP contribution in [-0.4, -0.2) is 61.9 Å². The molecule has 0 N–H and O–H groups in total. The number of benzene rings is 1. The van der Waals surface area contributed by atoms with Gasteiger partial charge in [0, 0.05) is 31.4 Å². The van der Waals surface area contributed by atoms with E-state index in [1.54, 1.807) is 13.1 Å². The van der Waals surface area contributed by atoms with E-state index in [2.05, 4.69) is 9.88 Å². The van der Waals surface area contributed by atoms with Gasteiger partial charge in [0.05, 0.1) is 19.8 Å². The van der Waals surface area contributed by atoms with E-state index in [4.69, 9.17) is 14.2 Å². The maximum Gasteiger partial charge on any atom is 0.357 e. The summed E-state index contributed by atoms with van der Waals surface area (Å²) in [5.74, 6) is 0.400. The van der Waals surface area contributed by atoms with E-state index in [1.807, 2.05) is 36.4 Å². The lowest BCUT2D eigenvalue weighted by Gasteiger charge is -2.26. The zero-order valence-electron chi connectivity index (χ0n) is 15.0. The van der Waals surface area contributed by atoms with Gasteiger partial charge in [0.15, 0.2) is 5.69 Å². The van der Waals surface area contributed by atoms with E-state index in [-0.39, 0.29) is 0 Å². The molecule has 1 saturated heterocycles. The van der Waals surface area contributed by atoms with Crippen LogP contribution in [0.5, 0.6) is 5.75 Å². The molecule has 0 aliphatic carbocycles. The summed E-state index contributed by atoms with van der Waals surface area (Å²) in [6.45, 7) is 7.14. The molecule has 0 saturated carbocycles. The van der Waals surface area contributed by atoms with Crippen LogP contribution < -0.4 is 4.74 Å². The average molecular weight is 356 g/mol.